The number of halogens is 1. The summed E-state index contributed by atoms with van der Waals surface area (Å²) in [5.74, 6) is 3.96. The number of benzene rings is 1. The third-order valence-corrected chi connectivity index (χ3v) is 4.78. The zero-order valence-electron chi connectivity index (χ0n) is 18.7. The van der Waals surface area contributed by atoms with E-state index in [0.717, 1.165) is 54.0 Å². The topological polar surface area (TPSA) is 98.7 Å². The molecule has 0 bridgehead atoms. The van der Waals surface area contributed by atoms with Gasteiger partial charge in [-0.15, -0.1) is 34.2 Å². The van der Waals surface area contributed by atoms with E-state index in [1.807, 2.05) is 34.9 Å². The van der Waals surface area contributed by atoms with Gasteiger partial charge >= 0.3 is 0 Å². The average Bonchev–Trinajstić information content (AvgIpc) is 3.48. The van der Waals surface area contributed by atoms with Crippen LogP contribution in [0.4, 0.5) is 0 Å². The number of aromatic nitrogens is 3. The Bertz CT molecular complexity index is 958. The maximum Gasteiger partial charge on any atom is 0.191 e. The molecule has 0 aliphatic carbocycles. The van der Waals surface area contributed by atoms with Crippen LogP contribution >= 0.6 is 24.0 Å². The molecule has 0 atom stereocenters. The number of rotatable bonds is 11. The van der Waals surface area contributed by atoms with Crippen molar-refractivity contribution in [1.82, 2.24) is 25.4 Å². The predicted molar refractivity (Wildman–Crippen MR) is 134 cm³/mol. The van der Waals surface area contributed by atoms with Gasteiger partial charge in [0.15, 0.2) is 17.5 Å². The van der Waals surface area contributed by atoms with E-state index < -0.39 is 0 Å². The minimum atomic E-state index is 0. The van der Waals surface area contributed by atoms with Crippen LogP contribution in [0.2, 0.25) is 0 Å². The number of nitrogens with zero attached hydrogens (tertiary/aromatic N) is 4. The molecule has 0 fully saturated rings. The van der Waals surface area contributed by atoms with Crippen molar-refractivity contribution in [3.63, 3.8) is 0 Å². The Balaban J connectivity index is 0.00000363. The van der Waals surface area contributed by atoms with E-state index >= 15 is 0 Å². The van der Waals surface area contributed by atoms with E-state index in [1.54, 1.807) is 26.8 Å². The Hall–Kier alpha value is -2.76. The third-order valence-electron chi connectivity index (χ3n) is 4.78. The van der Waals surface area contributed by atoms with Crippen LogP contribution in [0.1, 0.15) is 24.1 Å². The minimum absolute atomic E-state index is 0. The van der Waals surface area contributed by atoms with Gasteiger partial charge in [0, 0.05) is 26.1 Å². The number of hydrogen-bond donors (Lipinski definition) is 2. The minimum Gasteiger partial charge on any atom is -0.493 e. The number of nitrogens with one attached hydrogen (secondary N) is 2. The monoisotopic (exact) mass is 554 g/mol. The molecule has 174 valence electrons. The van der Waals surface area contributed by atoms with Gasteiger partial charge in [-0.1, -0.05) is 13.0 Å². The van der Waals surface area contributed by atoms with Gasteiger partial charge in [0.2, 0.25) is 0 Å². The van der Waals surface area contributed by atoms with E-state index in [9.17, 15) is 0 Å². The number of methoxy groups -OCH3 is 2. The van der Waals surface area contributed by atoms with E-state index in [4.69, 9.17) is 13.9 Å². The van der Waals surface area contributed by atoms with E-state index in [-0.39, 0.29) is 24.0 Å². The molecule has 2 heterocycles. The molecule has 2 N–H and O–H groups in total. The highest BCUT2D eigenvalue weighted by molar-refractivity contribution is 14.0. The van der Waals surface area contributed by atoms with Crippen LogP contribution in [-0.4, -0.2) is 48.0 Å². The summed E-state index contributed by atoms with van der Waals surface area (Å²) in [4.78, 5) is 4.64. The molecule has 32 heavy (non-hydrogen) atoms. The Labute approximate surface area is 205 Å². The lowest BCUT2D eigenvalue weighted by Gasteiger charge is -2.14. The summed E-state index contributed by atoms with van der Waals surface area (Å²) in [6, 6.07) is 9.72. The first kappa shape index (κ1) is 25.5. The van der Waals surface area contributed by atoms with Gasteiger partial charge in [0.05, 0.1) is 20.5 Å². The second-order valence-corrected chi connectivity index (χ2v) is 6.83. The van der Waals surface area contributed by atoms with Gasteiger partial charge in [-0.3, -0.25) is 0 Å². The van der Waals surface area contributed by atoms with Crippen LogP contribution in [0.15, 0.2) is 52.3 Å². The van der Waals surface area contributed by atoms with Gasteiger partial charge in [0.25, 0.3) is 0 Å². The quantitative estimate of drug-likeness (QED) is 0.214. The lowest BCUT2D eigenvalue weighted by Crippen LogP contribution is -2.40. The number of furan rings is 1. The lowest BCUT2D eigenvalue weighted by atomic mass is 10.1. The summed E-state index contributed by atoms with van der Waals surface area (Å²) in [5.41, 5.74) is 1.15. The van der Waals surface area contributed by atoms with Crippen molar-refractivity contribution in [2.75, 3.05) is 27.3 Å². The highest BCUT2D eigenvalue weighted by atomic mass is 127. The number of guanidine groups is 1. The highest BCUT2D eigenvalue weighted by Gasteiger charge is 2.06. The molecule has 0 unspecified atom stereocenters. The molecule has 2 aromatic heterocycles. The molecule has 0 amide bonds. The van der Waals surface area contributed by atoms with Crippen LogP contribution in [0, 0.1) is 0 Å². The summed E-state index contributed by atoms with van der Waals surface area (Å²) in [5, 5.41) is 14.9. The van der Waals surface area contributed by atoms with Crippen LogP contribution in [-0.2, 0) is 25.9 Å². The van der Waals surface area contributed by atoms with Gasteiger partial charge < -0.3 is 29.1 Å². The fourth-order valence-corrected chi connectivity index (χ4v) is 3.13. The van der Waals surface area contributed by atoms with Crippen molar-refractivity contribution in [2.45, 2.75) is 32.9 Å². The van der Waals surface area contributed by atoms with E-state index in [2.05, 4.69) is 32.7 Å². The summed E-state index contributed by atoms with van der Waals surface area (Å²) >= 11 is 0. The molecule has 0 spiro atoms. The van der Waals surface area contributed by atoms with E-state index in [0.29, 0.717) is 19.6 Å². The second kappa shape index (κ2) is 13.6. The molecule has 3 rings (SSSR count). The Morgan fingerprint density at radius 2 is 1.94 bits per heavy atom. The van der Waals surface area contributed by atoms with Gasteiger partial charge in [-0.25, -0.2) is 4.99 Å². The van der Waals surface area contributed by atoms with Gasteiger partial charge in [0.1, 0.15) is 24.5 Å². The Morgan fingerprint density at radius 3 is 2.66 bits per heavy atom. The van der Waals surface area contributed by atoms with Crippen molar-refractivity contribution < 1.29 is 13.9 Å². The van der Waals surface area contributed by atoms with Crippen LogP contribution in [0.5, 0.6) is 11.5 Å². The molecule has 9 nitrogen and oxygen atoms in total. The molecular weight excluding hydrogens is 523 g/mol. The first-order valence-corrected chi connectivity index (χ1v) is 10.4. The zero-order chi connectivity index (χ0) is 21.9. The number of aryl methyl sites for hydroxylation is 1. The second-order valence-electron chi connectivity index (χ2n) is 6.83. The SMILES string of the molecule is CCc1nncn1CCNC(=NCc1ccco1)NCCc1ccc(OC)c(OC)c1.I. The molecule has 0 saturated heterocycles. The summed E-state index contributed by atoms with van der Waals surface area (Å²) < 4.78 is 18.1. The van der Waals surface area contributed by atoms with Crippen LogP contribution in [0.25, 0.3) is 0 Å². The first-order valence-electron chi connectivity index (χ1n) is 10.4. The lowest BCUT2D eigenvalue weighted by molar-refractivity contribution is 0.354. The smallest absolute Gasteiger partial charge is 0.191 e. The molecule has 1 aromatic carbocycles. The molecule has 0 saturated carbocycles. The molecule has 0 radical (unpaired) electrons. The van der Waals surface area contributed by atoms with Crippen LogP contribution < -0.4 is 20.1 Å². The maximum atomic E-state index is 5.39. The van der Waals surface area contributed by atoms with Gasteiger partial charge in [-0.2, -0.15) is 0 Å². The standard InChI is InChI=1S/C22H30N6O3.HI/c1-4-21-27-26-16-28(21)12-11-24-22(25-15-18-6-5-13-31-18)23-10-9-17-7-8-19(29-2)20(14-17)30-3;/h5-8,13-14,16H,4,9-12,15H2,1-3H3,(H2,23,24,25);1H. The summed E-state index contributed by atoms with van der Waals surface area (Å²) in [6.07, 6.45) is 5.07. The predicted octanol–water partition coefficient (Wildman–Crippen LogP) is 3.05. The molecule has 3 aromatic rings. The average molecular weight is 554 g/mol. The number of ether oxygens (including phenoxy) is 2. The zero-order valence-corrected chi connectivity index (χ0v) is 21.0. The van der Waals surface area contributed by atoms with Crippen LogP contribution in [0.3, 0.4) is 0 Å². The van der Waals surface area contributed by atoms with Crippen molar-refractivity contribution >= 4 is 29.9 Å². The normalized spacial score (nSPS) is 11.0. The maximum absolute atomic E-state index is 5.39. The Morgan fingerprint density at radius 1 is 1.12 bits per heavy atom. The van der Waals surface area contributed by atoms with Crippen molar-refractivity contribution in [2.24, 2.45) is 4.99 Å². The van der Waals surface area contributed by atoms with Gasteiger partial charge in [-0.05, 0) is 36.2 Å². The molecule has 0 aliphatic rings. The third kappa shape index (κ3) is 7.43. The number of hydrogen-bond acceptors (Lipinski definition) is 6. The molecule has 10 heteroatoms. The summed E-state index contributed by atoms with van der Waals surface area (Å²) in [6.45, 7) is 4.70. The fourth-order valence-electron chi connectivity index (χ4n) is 3.13. The first-order chi connectivity index (χ1) is 15.2. The van der Waals surface area contributed by atoms with Crippen molar-refractivity contribution in [3.8, 4) is 11.5 Å². The Kier molecular flexibility index (Phi) is 10.8. The summed E-state index contributed by atoms with van der Waals surface area (Å²) in [7, 11) is 3.28. The van der Waals surface area contributed by atoms with Crippen molar-refractivity contribution in [3.05, 3.63) is 60.1 Å². The largest absolute Gasteiger partial charge is 0.493 e. The number of aliphatic imine (C=N–C) groups is 1. The fraction of sp³-hybridized carbons (Fsp3) is 0.409. The highest BCUT2D eigenvalue weighted by Crippen LogP contribution is 2.27. The molecule has 0 aliphatic heterocycles. The molecular formula is C22H31IN6O3. The van der Waals surface area contributed by atoms with E-state index in [1.165, 1.54) is 0 Å². The van der Waals surface area contributed by atoms with Crippen molar-refractivity contribution in [1.29, 1.82) is 0 Å².